The minimum Gasteiger partial charge on any atom is -0.348 e. The molecule has 0 spiro atoms. The number of allylic oxidation sites excluding steroid dienone is 2. The second-order valence-corrected chi connectivity index (χ2v) is 3.44. The monoisotopic (exact) mass is 254 g/mol. The van der Waals surface area contributed by atoms with Crippen LogP contribution in [0.4, 0.5) is 0 Å². The van der Waals surface area contributed by atoms with Gasteiger partial charge in [-0.25, -0.2) is 0 Å². The summed E-state index contributed by atoms with van der Waals surface area (Å²) in [4.78, 5) is 54.1. The molecule has 0 fully saturated rings. The predicted octanol–water partition coefficient (Wildman–Crippen LogP) is -1.36. The second-order valence-electron chi connectivity index (χ2n) is 3.44. The van der Waals surface area contributed by atoms with Gasteiger partial charge < -0.3 is 9.47 Å². The van der Waals surface area contributed by atoms with Crippen LogP contribution in [0.25, 0.3) is 0 Å². The molecule has 0 amide bonds. The fourth-order valence-electron chi connectivity index (χ4n) is 1.28. The first-order chi connectivity index (χ1) is 8.56. The maximum atomic E-state index is 11.4. The van der Waals surface area contributed by atoms with Gasteiger partial charge in [-0.1, -0.05) is 0 Å². The average molecular weight is 254 g/mol. The van der Waals surface area contributed by atoms with Gasteiger partial charge in [0.15, 0.2) is 23.6 Å². The number of hydrogen-bond donors (Lipinski definition) is 0. The molecule has 0 aromatic rings. The van der Waals surface area contributed by atoms with Crippen LogP contribution >= 0.6 is 0 Å². The highest BCUT2D eigenvalue weighted by molar-refractivity contribution is 6.30. The number of rotatable bonds is 8. The first kappa shape index (κ1) is 14.1. The molecule has 0 bridgehead atoms. The fraction of sp³-hybridized carbons (Fsp3) is 0.364. The lowest BCUT2D eigenvalue weighted by Gasteiger charge is -2.06. The van der Waals surface area contributed by atoms with E-state index < -0.39 is 42.3 Å². The van der Waals surface area contributed by atoms with Crippen molar-refractivity contribution in [3.05, 3.63) is 12.2 Å². The molecule has 0 N–H and O–H groups in total. The van der Waals surface area contributed by atoms with Crippen molar-refractivity contribution in [2.45, 2.75) is 0 Å². The van der Waals surface area contributed by atoms with E-state index in [1.807, 2.05) is 0 Å². The van der Waals surface area contributed by atoms with Gasteiger partial charge in [0, 0.05) is 0 Å². The van der Waals surface area contributed by atoms with E-state index in [1.54, 1.807) is 0 Å². The summed E-state index contributed by atoms with van der Waals surface area (Å²) in [6.07, 6.45) is 2.20. The Morgan fingerprint density at radius 1 is 1.11 bits per heavy atom. The van der Waals surface area contributed by atoms with Crippen molar-refractivity contribution in [1.29, 1.82) is 0 Å². The van der Waals surface area contributed by atoms with E-state index in [1.165, 1.54) is 0 Å². The quantitative estimate of drug-likeness (QED) is 0.173. The van der Waals surface area contributed by atoms with Crippen LogP contribution in [0.15, 0.2) is 12.2 Å². The van der Waals surface area contributed by atoms with Crippen LogP contribution < -0.4 is 0 Å². The largest absolute Gasteiger partial charge is 0.348 e. The van der Waals surface area contributed by atoms with Gasteiger partial charge >= 0.3 is 0 Å². The maximum Gasteiger partial charge on any atom is 0.220 e. The lowest BCUT2D eigenvalue weighted by Crippen LogP contribution is -2.29. The molecule has 0 atom stereocenters. The number of carbonyl (C=O) groups excluding carboxylic acids is 5. The van der Waals surface area contributed by atoms with E-state index in [2.05, 4.69) is 4.74 Å². The van der Waals surface area contributed by atoms with E-state index in [0.29, 0.717) is 0 Å². The molecule has 18 heavy (non-hydrogen) atoms. The minimum absolute atomic E-state index is 0.104. The van der Waals surface area contributed by atoms with E-state index in [0.717, 1.165) is 12.2 Å². The van der Waals surface area contributed by atoms with Crippen LogP contribution in [-0.2, 0) is 33.4 Å². The number of aldehydes is 1. The number of ketones is 4. The highest BCUT2D eigenvalue weighted by atomic mass is 16.7. The summed E-state index contributed by atoms with van der Waals surface area (Å²) in [5.74, 6) is -3.87. The third-order valence-electron chi connectivity index (χ3n) is 2.09. The first-order valence-electron chi connectivity index (χ1n) is 4.98. The van der Waals surface area contributed by atoms with Crippen molar-refractivity contribution in [3.63, 3.8) is 0 Å². The van der Waals surface area contributed by atoms with Gasteiger partial charge in [-0.3, -0.25) is 24.0 Å². The lowest BCUT2D eigenvalue weighted by molar-refractivity contribution is -0.143. The molecule has 0 aromatic heterocycles. The van der Waals surface area contributed by atoms with Gasteiger partial charge in [-0.2, -0.15) is 0 Å². The fourth-order valence-corrected chi connectivity index (χ4v) is 1.28. The molecule has 0 saturated heterocycles. The molecular weight excluding hydrogens is 244 g/mol. The highest BCUT2D eigenvalue weighted by Crippen LogP contribution is 2.11. The van der Waals surface area contributed by atoms with E-state index in [9.17, 15) is 24.0 Å². The molecular formula is C11H10O7. The maximum absolute atomic E-state index is 11.4. The third-order valence-corrected chi connectivity index (χ3v) is 2.09. The summed E-state index contributed by atoms with van der Waals surface area (Å²) in [6, 6.07) is 0. The van der Waals surface area contributed by atoms with Crippen molar-refractivity contribution in [2.75, 3.05) is 20.0 Å². The van der Waals surface area contributed by atoms with E-state index >= 15 is 0 Å². The minimum atomic E-state index is -1.32. The lowest BCUT2D eigenvalue weighted by atomic mass is 10.0. The summed E-state index contributed by atoms with van der Waals surface area (Å²) in [5.41, 5.74) is 0. The molecule has 0 heterocycles. The van der Waals surface area contributed by atoms with Crippen LogP contribution in [-0.4, -0.2) is 49.4 Å². The number of ether oxygens (including phenoxy) is 2. The van der Waals surface area contributed by atoms with Crippen molar-refractivity contribution >= 4 is 29.4 Å². The van der Waals surface area contributed by atoms with Crippen LogP contribution in [0.1, 0.15) is 0 Å². The molecule has 7 heteroatoms. The normalized spacial score (nSPS) is 15.1. The van der Waals surface area contributed by atoms with Crippen molar-refractivity contribution in [1.82, 2.24) is 0 Å². The Kier molecular flexibility index (Phi) is 5.22. The molecule has 1 aliphatic carbocycles. The SMILES string of the molecule is O=CC(=O)COCOCC(=O)C1C(=O)C=CC1=O. The Morgan fingerprint density at radius 2 is 1.67 bits per heavy atom. The molecule has 0 unspecified atom stereocenters. The third kappa shape index (κ3) is 3.79. The van der Waals surface area contributed by atoms with Crippen LogP contribution in [0.5, 0.6) is 0 Å². The molecule has 0 saturated carbocycles. The van der Waals surface area contributed by atoms with E-state index in [-0.39, 0.29) is 13.1 Å². The van der Waals surface area contributed by atoms with Gasteiger partial charge in [0.05, 0.1) is 0 Å². The van der Waals surface area contributed by atoms with Gasteiger partial charge in [0.25, 0.3) is 0 Å². The molecule has 1 rings (SSSR count). The summed E-state index contributed by atoms with van der Waals surface area (Å²) in [5, 5.41) is 0. The van der Waals surface area contributed by atoms with Crippen LogP contribution in [0.2, 0.25) is 0 Å². The van der Waals surface area contributed by atoms with Gasteiger partial charge in [0.2, 0.25) is 5.78 Å². The topological polar surface area (TPSA) is 104 Å². The number of Topliss-reactive ketones (excluding diaryl/α,β-unsaturated/α-hetero) is 2. The van der Waals surface area contributed by atoms with Crippen molar-refractivity contribution in [2.24, 2.45) is 5.92 Å². The Bertz CT molecular complexity index is 403. The predicted molar refractivity (Wildman–Crippen MR) is 55.5 cm³/mol. The molecule has 0 aromatic carbocycles. The molecule has 1 aliphatic rings. The standard InChI is InChI=1S/C11H10O7/c12-3-7(13)4-17-6-18-5-10(16)11-8(14)1-2-9(11)15/h1-3,11H,4-6H2. The van der Waals surface area contributed by atoms with Gasteiger partial charge in [-0.05, 0) is 12.2 Å². The average Bonchev–Trinajstić information content (AvgIpc) is 2.68. The number of hydrogen-bond acceptors (Lipinski definition) is 7. The Labute approximate surface area is 102 Å². The first-order valence-corrected chi connectivity index (χ1v) is 4.98. The summed E-state index contributed by atoms with van der Waals surface area (Å²) in [6.45, 7) is -1.30. The summed E-state index contributed by atoms with van der Waals surface area (Å²) in [7, 11) is 0. The highest BCUT2D eigenvalue weighted by Gasteiger charge is 2.34. The molecule has 7 nitrogen and oxygen atoms in total. The zero-order valence-corrected chi connectivity index (χ0v) is 9.29. The Balaban J connectivity index is 2.22. The van der Waals surface area contributed by atoms with Gasteiger partial charge in [-0.15, -0.1) is 0 Å². The second kappa shape index (κ2) is 6.67. The zero-order valence-electron chi connectivity index (χ0n) is 9.29. The number of carbonyl (C=O) groups is 5. The summed E-state index contributed by atoms with van der Waals surface area (Å²) < 4.78 is 9.34. The molecule has 0 radical (unpaired) electrons. The van der Waals surface area contributed by atoms with Crippen molar-refractivity contribution < 1.29 is 33.4 Å². The smallest absolute Gasteiger partial charge is 0.220 e. The van der Waals surface area contributed by atoms with Crippen LogP contribution in [0, 0.1) is 5.92 Å². The van der Waals surface area contributed by atoms with Crippen LogP contribution in [0.3, 0.4) is 0 Å². The molecule has 0 aliphatic heterocycles. The van der Waals surface area contributed by atoms with Crippen molar-refractivity contribution in [3.8, 4) is 0 Å². The molecule has 96 valence electrons. The zero-order chi connectivity index (χ0) is 13.5. The van der Waals surface area contributed by atoms with E-state index in [4.69, 9.17) is 4.74 Å². The van der Waals surface area contributed by atoms with Gasteiger partial charge in [0.1, 0.15) is 25.9 Å². The Hall–Kier alpha value is -1.99. The summed E-state index contributed by atoms with van der Waals surface area (Å²) >= 11 is 0. The Morgan fingerprint density at radius 3 is 2.22 bits per heavy atom.